The quantitative estimate of drug-likeness (QED) is 0.497. The lowest BCUT2D eigenvalue weighted by Crippen LogP contribution is -2.47. The molecule has 0 aliphatic heterocycles. The number of likely N-dealkylation sites (N-methyl/N-ethyl adjacent to an activating group) is 1. The van der Waals surface area contributed by atoms with Gasteiger partial charge in [0.25, 0.3) is 0 Å². The van der Waals surface area contributed by atoms with Gasteiger partial charge < -0.3 is 10.2 Å². The van der Waals surface area contributed by atoms with Crippen LogP contribution in [0.25, 0.3) is 0 Å². The molecule has 2 amide bonds. The lowest BCUT2D eigenvalue weighted by Gasteiger charge is -2.30. The maximum Gasteiger partial charge on any atom is 0.242 e. The molecule has 9 heteroatoms. The second-order valence-electron chi connectivity index (χ2n) is 8.41. The number of rotatable bonds is 11. The van der Waals surface area contributed by atoms with E-state index in [4.69, 9.17) is 11.6 Å². The Morgan fingerprint density at radius 1 is 1.12 bits per heavy atom. The summed E-state index contributed by atoms with van der Waals surface area (Å²) in [6, 6.07) is 12.1. The highest BCUT2D eigenvalue weighted by Crippen LogP contribution is 2.25. The standard InChI is InChI=1S/C25H34ClN3O4S/c1-6-27-25(31)20(4)28(17-21-10-7-8-11-22(21)26)24(30)12-9-15-29(34(5,32)33)23-16-18(2)13-14-19(23)3/h7-8,10-11,13-14,16,20H,6,9,12,15,17H2,1-5H3,(H,27,31). The van der Waals surface area contributed by atoms with Crippen LogP contribution in [0.5, 0.6) is 0 Å². The second-order valence-corrected chi connectivity index (χ2v) is 10.7. The normalized spacial score (nSPS) is 12.2. The Morgan fingerprint density at radius 2 is 1.79 bits per heavy atom. The van der Waals surface area contributed by atoms with E-state index in [0.717, 1.165) is 22.9 Å². The van der Waals surface area contributed by atoms with Gasteiger partial charge in [0.2, 0.25) is 21.8 Å². The van der Waals surface area contributed by atoms with Gasteiger partial charge in [0, 0.05) is 31.1 Å². The fourth-order valence-corrected chi connectivity index (χ4v) is 4.90. The minimum absolute atomic E-state index is 0.0884. The predicted octanol–water partition coefficient (Wildman–Crippen LogP) is 4.06. The monoisotopic (exact) mass is 507 g/mol. The van der Waals surface area contributed by atoms with Crippen molar-refractivity contribution >= 4 is 39.1 Å². The zero-order valence-electron chi connectivity index (χ0n) is 20.5. The fourth-order valence-electron chi connectivity index (χ4n) is 3.69. The molecule has 1 atom stereocenters. The lowest BCUT2D eigenvalue weighted by molar-refractivity contribution is -0.140. The first-order chi connectivity index (χ1) is 16.0. The van der Waals surface area contributed by atoms with Crippen LogP contribution in [0.3, 0.4) is 0 Å². The molecule has 0 aliphatic rings. The number of halogens is 1. The van der Waals surface area contributed by atoms with E-state index in [1.807, 2.05) is 51.1 Å². The molecule has 0 saturated heterocycles. The highest BCUT2D eigenvalue weighted by Gasteiger charge is 2.27. The van der Waals surface area contributed by atoms with Crippen molar-refractivity contribution < 1.29 is 18.0 Å². The molecule has 0 heterocycles. The summed E-state index contributed by atoms with van der Waals surface area (Å²) >= 11 is 6.30. The molecule has 0 fully saturated rings. The van der Waals surface area contributed by atoms with Gasteiger partial charge in [-0.1, -0.05) is 41.9 Å². The van der Waals surface area contributed by atoms with E-state index in [2.05, 4.69) is 5.32 Å². The molecule has 0 aliphatic carbocycles. The summed E-state index contributed by atoms with van der Waals surface area (Å²) in [5.41, 5.74) is 3.14. The molecule has 34 heavy (non-hydrogen) atoms. The van der Waals surface area contributed by atoms with E-state index < -0.39 is 16.1 Å². The van der Waals surface area contributed by atoms with E-state index >= 15 is 0 Å². The van der Waals surface area contributed by atoms with Crippen molar-refractivity contribution in [1.29, 1.82) is 0 Å². The van der Waals surface area contributed by atoms with Gasteiger partial charge in [0.05, 0.1) is 11.9 Å². The number of aryl methyl sites for hydroxylation is 2. The SMILES string of the molecule is CCNC(=O)C(C)N(Cc1ccccc1Cl)C(=O)CCCN(c1cc(C)ccc1C)S(C)(=O)=O. The van der Waals surface area contributed by atoms with Crippen LogP contribution in [0.15, 0.2) is 42.5 Å². The number of anilines is 1. The largest absolute Gasteiger partial charge is 0.355 e. The van der Waals surface area contributed by atoms with Gasteiger partial charge in [-0.15, -0.1) is 0 Å². The van der Waals surface area contributed by atoms with E-state index in [9.17, 15) is 18.0 Å². The van der Waals surface area contributed by atoms with Gasteiger partial charge in [-0.3, -0.25) is 13.9 Å². The zero-order chi connectivity index (χ0) is 25.5. The Balaban J connectivity index is 2.20. The van der Waals surface area contributed by atoms with Crippen LogP contribution in [0, 0.1) is 13.8 Å². The first kappa shape index (κ1) is 27.7. The van der Waals surface area contributed by atoms with E-state index in [0.29, 0.717) is 23.7 Å². The Hall–Kier alpha value is -2.58. The van der Waals surface area contributed by atoms with Crippen molar-refractivity contribution in [1.82, 2.24) is 10.2 Å². The maximum atomic E-state index is 13.2. The third kappa shape index (κ3) is 7.46. The number of carbonyl (C=O) groups is 2. The smallest absolute Gasteiger partial charge is 0.242 e. The van der Waals surface area contributed by atoms with E-state index in [1.165, 1.54) is 9.21 Å². The Morgan fingerprint density at radius 3 is 2.41 bits per heavy atom. The average molecular weight is 508 g/mol. The van der Waals surface area contributed by atoms with Crippen molar-refractivity contribution in [2.75, 3.05) is 23.7 Å². The van der Waals surface area contributed by atoms with Crippen LogP contribution in [-0.2, 0) is 26.2 Å². The maximum absolute atomic E-state index is 13.2. The van der Waals surface area contributed by atoms with Gasteiger partial charge >= 0.3 is 0 Å². The molecular weight excluding hydrogens is 474 g/mol. The van der Waals surface area contributed by atoms with Gasteiger partial charge in [-0.25, -0.2) is 8.42 Å². The van der Waals surface area contributed by atoms with Gasteiger partial charge in [0.1, 0.15) is 6.04 Å². The highest BCUT2D eigenvalue weighted by molar-refractivity contribution is 7.92. The van der Waals surface area contributed by atoms with Crippen LogP contribution in [-0.4, -0.2) is 50.5 Å². The van der Waals surface area contributed by atoms with E-state index in [1.54, 1.807) is 19.1 Å². The topological polar surface area (TPSA) is 86.8 Å². The van der Waals surface area contributed by atoms with Crippen molar-refractivity contribution in [3.8, 4) is 0 Å². The first-order valence-corrected chi connectivity index (χ1v) is 13.5. The molecule has 0 saturated carbocycles. The summed E-state index contributed by atoms with van der Waals surface area (Å²) in [6.07, 6.45) is 1.56. The molecular formula is C25H34ClN3O4S. The minimum Gasteiger partial charge on any atom is -0.355 e. The number of benzene rings is 2. The van der Waals surface area contributed by atoms with Gasteiger partial charge in [-0.2, -0.15) is 0 Å². The fraction of sp³-hybridized carbons (Fsp3) is 0.440. The molecule has 0 aromatic heterocycles. The Bertz CT molecular complexity index is 1120. The van der Waals surface area contributed by atoms with Crippen molar-refractivity contribution in [3.05, 3.63) is 64.2 Å². The molecule has 0 bridgehead atoms. The van der Waals surface area contributed by atoms with Crippen LogP contribution < -0.4 is 9.62 Å². The molecule has 2 aromatic carbocycles. The zero-order valence-corrected chi connectivity index (χ0v) is 22.0. The van der Waals surface area contributed by atoms with Crippen molar-refractivity contribution in [3.63, 3.8) is 0 Å². The summed E-state index contributed by atoms with van der Waals surface area (Å²) in [5, 5.41) is 3.27. The number of hydrogen-bond donors (Lipinski definition) is 1. The number of carbonyl (C=O) groups excluding carboxylic acids is 2. The molecule has 2 aromatic rings. The van der Waals surface area contributed by atoms with E-state index in [-0.39, 0.29) is 31.3 Å². The molecule has 2 rings (SSSR count). The Labute approximate surface area is 208 Å². The molecule has 0 spiro atoms. The number of nitrogens with one attached hydrogen (secondary N) is 1. The lowest BCUT2D eigenvalue weighted by atomic mass is 10.1. The molecule has 1 unspecified atom stereocenters. The number of sulfonamides is 1. The van der Waals surface area contributed by atoms with Crippen LogP contribution in [0.1, 0.15) is 43.4 Å². The summed E-state index contributed by atoms with van der Waals surface area (Å²) in [4.78, 5) is 27.2. The third-order valence-corrected chi connectivity index (χ3v) is 7.15. The van der Waals surface area contributed by atoms with Gasteiger partial charge in [-0.05, 0) is 62.9 Å². The first-order valence-electron chi connectivity index (χ1n) is 11.3. The highest BCUT2D eigenvalue weighted by atomic mass is 35.5. The van der Waals surface area contributed by atoms with Gasteiger partial charge in [0.15, 0.2) is 0 Å². The van der Waals surface area contributed by atoms with Crippen LogP contribution in [0.2, 0.25) is 5.02 Å². The predicted molar refractivity (Wildman–Crippen MR) is 137 cm³/mol. The molecule has 0 radical (unpaired) electrons. The van der Waals surface area contributed by atoms with Crippen LogP contribution in [0.4, 0.5) is 5.69 Å². The number of amides is 2. The summed E-state index contributed by atoms with van der Waals surface area (Å²) < 4.78 is 26.4. The number of hydrogen-bond acceptors (Lipinski definition) is 4. The summed E-state index contributed by atoms with van der Waals surface area (Å²) in [5.74, 6) is -0.496. The minimum atomic E-state index is -3.54. The van der Waals surface area contributed by atoms with Crippen molar-refractivity contribution in [2.24, 2.45) is 0 Å². The van der Waals surface area contributed by atoms with Crippen LogP contribution >= 0.6 is 11.6 Å². The Kier molecular flexibility index (Phi) is 9.94. The second kappa shape index (κ2) is 12.2. The molecule has 186 valence electrons. The third-order valence-electron chi connectivity index (χ3n) is 5.60. The molecule has 1 N–H and O–H groups in total. The number of nitrogens with zero attached hydrogens (tertiary/aromatic N) is 2. The molecule has 7 nitrogen and oxygen atoms in total. The summed E-state index contributed by atoms with van der Waals surface area (Å²) in [6.45, 7) is 8.06. The average Bonchev–Trinajstić information content (AvgIpc) is 2.76. The summed E-state index contributed by atoms with van der Waals surface area (Å²) in [7, 11) is -3.54. The van der Waals surface area contributed by atoms with Crippen molar-refractivity contribution in [2.45, 2.75) is 53.1 Å².